The number of hydrogen-bond donors (Lipinski definition) is 2. The molecule has 11 nitrogen and oxygen atoms in total. The number of hydrogen-bond acceptors (Lipinski definition) is 9. The highest BCUT2D eigenvalue weighted by atomic mass is 35.5. The van der Waals surface area contributed by atoms with E-state index in [9.17, 15) is 9.59 Å². The molecule has 1 atom stereocenters. The van der Waals surface area contributed by atoms with E-state index in [0.717, 1.165) is 44.7 Å². The van der Waals surface area contributed by atoms with Gasteiger partial charge < -0.3 is 24.3 Å². The maximum atomic E-state index is 12.8. The Morgan fingerprint density at radius 2 is 1.79 bits per heavy atom. The zero-order chi connectivity index (χ0) is 32.8. The van der Waals surface area contributed by atoms with Crippen molar-refractivity contribution in [2.45, 2.75) is 11.8 Å². The van der Waals surface area contributed by atoms with Crippen LogP contribution in [0.1, 0.15) is 17.4 Å². The molecule has 0 aliphatic carbocycles. The van der Waals surface area contributed by atoms with E-state index < -0.39 is 11.4 Å². The summed E-state index contributed by atoms with van der Waals surface area (Å²) in [5, 5.41) is 5.23. The number of rotatable bonds is 11. The second-order valence-electron chi connectivity index (χ2n) is 10.8. The summed E-state index contributed by atoms with van der Waals surface area (Å²) in [6.07, 6.45) is 2.56. The van der Waals surface area contributed by atoms with Crippen LogP contribution in [0.4, 0.5) is 10.5 Å². The van der Waals surface area contributed by atoms with Crippen molar-refractivity contribution in [1.82, 2.24) is 20.3 Å². The summed E-state index contributed by atoms with van der Waals surface area (Å²) in [5.41, 5.74) is 4.57. The molecule has 0 radical (unpaired) electrons. The van der Waals surface area contributed by atoms with Crippen molar-refractivity contribution in [2.24, 2.45) is 0 Å². The van der Waals surface area contributed by atoms with Crippen LogP contribution in [0.2, 0.25) is 10.0 Å². The van der Waals surface area contributed by atoms with Gasteiger partial charge in [-0.2, -0.15) is 0 Å². The number of halogens is 2. The molecule has 47 heavy (non-hydrogen) atoms. The SMILES string of the molecule is COc1cc2c(Oc3ccc(NC(=O)NN4C(=O)CSC4c4cc(Cl)cc(Cl)c4)cc3)ccnc2cc1OCCCN1CCOCC1. The van der Waals surface area contributed by atoms with E-state index in [4.69, 9.17) is 42.1 Å². The number of aromatic nitrogens is 1. The fourth-order valence-corrected chi connectivity index (χ4v) is 6.93. The molecular formula is C33H33Cl2N5O6S. The summed E-state index contributed by atoms with van der Waals surface area (Å²) in [4.78, 5) is 32.3. The highest BCUT2D eigenvalue weighted by molar-refractivity contribution is 8.00. The maximum Gasteiger partial charge on any atom is 0.338 e. The molecule has 246 valence electrons. The summed E-state index contributed by atoms with van der Waals surface area (Å²) in [7, 11) is 1.60. The van der Waals surface area contributed by atoms with Crippen molar-refractivity contribution >= 4 is 63.5 Å². The molecule has 2 N–H and O–H groups in total. The fraction of sp³-hybridized carbons (Fsp3) is 0.303. The molecule has 1 aromatic heterocycles. The molecule has 2 fully saturated rings. The highest BCUT2D eigenvalue weighted by Gasteiger charge is 2.34. The zero-order valence-corrected chi connectivity index (χ0v) is 27.9. The molecule has 3 heterocycles. The average Bonchev–Trinajstić information content (AvgIpc) is 3.43. The number of amides is 3. The third-order valence-corrected chi connectivity index (χ3v) is 9.22. The lowest BCUT2D eigenvalue weighted by Crippen LogP contribution is -2.46. The quantitative estimate of drug-likeness (QED) is 0.164. The lowest BCUT2D eigenvalue weighted by Gasteiger charge is -2.26. The molecule has 6 rings (SSSR count). The summed E-state index contributed by atoms with van der Waals surface area (Å²) >= 11 is 13.7. The Kier molecular flexibility index (Phi) is 10.7. The van der Waals surface area contributed by atoms with Crippen LogP contribution in [-0.2, 0) is 9.53 Å². The monoisotopic (exact) mass is 697 g/mol. The van der Waals surface area contributed by atoms with Crippen LogP contribution < -0.4 is 25.0 Å². The molecule has 0 bridgehead atoms. The lowest BCUT2D eigenvalue weighted by atomic mass is 10.1. The third-order valence-electron chi connectivity index (χ3n) is 7.57. The molecule has 4 aromatic rings. The van der Waals surface area contributed by atoms with E-state index >= 15 is 0 Å². The number of methoxy groups -OCH3 is 1. The Morgan fingerprint density at radius 3 is 2.53 bits per heavy atom. The number of carbonyl (C=O) groups is 2. The Hall–Kier alpha value is -3.94. The van der Waals surface area contributed by atoms with Gasteiger partial charge in [0.2, 0.25) is 0 Å². The fourth-order valence-electron chi connectivity index (χ4n) is 5.30. The molecular weight excluding hydrogens is 665 g/mol. The van der Waals surface area contributed by atoms with Gasteiger partial charge in [-0.1, -0.05) is 23.2 Å². The standard InChI is InChI=1S/C33H33Cl2N5O6S/c1-43-29-18-26-27(19-30(29)45-12-2-9-39-10-13-44-14-11-39)36-8-7-28(26)46-25-5-3-24(4-6-25)37-33(42)38-40-31(41)20-47-32(40)21-15-22(34)17-23(35)16-21/h3-8,15-19,32H,2,9-14,20H2,1H3,(H2,37,38,42). The normalized spacial score (nSPS) is 16.7. The number of carbonyl (C=O) groups excluding carboxylic acids is 2. The smallest absolute Gasteiger partial charge is 0.338 e. The second-order valence-corrected chi connectivity index (χ2v) is 12.7. The zero-order valence-electron chi connectivity index (χ0n) is 25.5. The largest absolute Gasteiger partial charge is 0.493 e. The summed E-state index contributed by atoms with van der Waals surface area (Å²) < 4.78 is 23.3. The minimum Gasteiger partial charge on any atom is -0.493 e. The second kappa shape index (κ2) is 15.3. The van der Waals surface area contributed by atoms with Gasteiger partial charge in [-0.3, -0.25) is 14.7 Å². The number of anilines is 1. The van der Waals surface area contributed by atoms with E-state index in [1.54, 1.807) is 61.8 Å². The first kappa shape index (κ1) is 33.0. The third kappa shape index (κ3) is 8.32. The number of thioether (sulfide) groups is 1. The number of benzene rings is 3. The Balaban J connectivity index is 1.07. The minimum absolute atomic E-state index is 0.209. The van der Waals surface area contributed by atoms with Gasteiger partial charge in [0.25, 0.3) is 5.91 Å². The van der Waals surface area contributed by atoms with E-state index in [1.807, 2.05) is 12.1 Å². The molecule has 0 spiro atoms. The molecule has 1 unspecified atom stereocenters. The first-order valence-electron chi connectivity index (χ1n) is 15.0. The molecule has 3 amide bonds. The molecule has 0 saturated carbocycles. The minimum atomic E-state index is -0.570. The van der Waals surface area contributed by atoms with Crippen LogP contribution in [0.5, 0.6) is 23.0 Å². The van der Waals surface area contributed by atoms with Gasteiger partial charge in [-0.15, -0.1) is 11.8 Å². The molecule has 14 heteroatoms. The summed E-state index contributed by atoms with van der Waals surface area (Å²) in [6, 6.07) is 16.9. The van der Waals surface area contributed by atoms with Gasteiger partial charge in [0.05, 0.1) is 38.2 Å². The highest BCUT2D eigenvalue weighted by Crippen LogP contribution is 2.40. The summed E-state index contributed by atoms with van der Waals surface area (Å²) in [6.45, 7) is 4.95. The Bertz CT molecular complexity index is 1720. The topological polar surface area (TPSA) is 114 Å². The Morgan fingerprint density at radius 1 is 1.02 bits per heavy atom. The predicted octanol–water partition coefficient (Wildman–Crippen LogP) is 6.75. The van der Waals surface area contributed by atoms with E-state index in [1.165, 1.54) is 16.8 Å². The van der Waals surface area contributed by atoms with Gasteiger partial charge >= 0.3 is 6.03 Å². The van der Waals surface area contributed by atoms with Gasteiger partial charge in [0.15, 0.2) is 11.5 Å². The van der Waals surface area contributed by atoms with Gasteiger partial charge in [0, 0.05) is 53.0 Å². The average molecular weight is 699 g/mol. The molecule has 2 saturated heterocycles. The molecule has 2 aliphatic heterocycles. The van der Waals surface area contributed by atoms with Gasteiger partial charge in [-0.05, 0) is 66.6 Å². The van der Waals surface area contributed by atoms with Crippen LogP contribution in [0.15, 0.2) is 66.9 Å². The molecule has 3 aromatic carbocycles. The van der Waals surface area contributed by atoms with Crippen LogP contribution in [0.25, 0.3) is 10.9 Å². The number of ether oxygens (including phenoxy) is 4. The van der Waals surface area contributed by atoms with E-state index in [2.05, 4.69) is 20.6 Å². The number of urea groups is 1. The Labute approximate surface area is 286 Å². The number of nitrogens with zero attached hydrogens (tertiary/aromatic N) is 3. The van der Waals surface area contributed by atoms with Crippen molar-refractivity contribution in [1.29, 1.82) is 0 Å². The van der Waals surface area contributed by atoms with E-state index in [0.29, 0.717) is 56.4 Å². The van der Waals surface area contributed by atoms with Crippen molar-refractivity contribution in [2.75, 3.05) is 57.6 Å². The van der Waals surface area contributed by atoms with Gasteiger partial charge in [-0.25, -0.2) is 15.2 Å². The van der Waals surface area contributed by atoms with E-state index in [-0.39, 0.29) is 11.7 Å². The first-order valence-corrected chi connectivity index (χ1v) is 16.8. The first-order chi connectivity index (χ1) is 22.9. The molecule has 2 aliphatic rings. The number of fused-ring (bicyclic) bond motifs is 1. The number of pyridine rings is 1. The number of hydrazine groups is 1. The number of nitrogens with one attached hydrogen (secondary N) is 2. The van der Waals surface area contributed by atoms with Crippen molar-refractivity contribution in [3.05, 3.63) is 82.5 Å². The lowest BCUT2D eigenvalue weighted by molar-refractivity contribution is -0.130. The van der Waals surface area contributed by atoms with Crippen LogP contribution in [-0.4, -0.2) is 79.1 Å². The van der Waals surface area contributed by atoms with Crippen molar-refractivity contribution < 1.29 is 28.5 Å². The van der Waals surface area contributed by atoms with Crippen LogP contribution >= 0.6 is 35.0 Å². The van der Waals surface area contributed by atoms with Crippen LogP contribution in [0.3, 0.4) is 0 Å². The van der Waals surface area contributed by atoms with Crippen molar-refractivity contribution in [3.63, 3.8) is 0 Å². The van der Waals surface area contributed by atoms with Crippen molar-refractivity contribution in [3.8, 4) is 23.0 Å². The van der Waals surface area contributed by atoms with Gasteiger partial charge in [0.1, 0.15) is 16.9 Å². The van der Waals surface area contributed by atoms with Crippen LogP contribution in [0, 0.1) is 0 Å². The maximum absolute atomic E-state index is 12.8. The summed E-state index contributed by atoms with van der Waals surface area (Å²) in [5.74, 6) is 2.32. The predicted molar refractivity (Wildman–Crippen MR) is 183 cm³/mol. The number of morpholine rings is 1.